The van der Waals surface area contributed by atoms with Gasteiger partial charge in [0.05, 0.1) is 31.5 Å². The summed E-state index contributed by atoms with van der Waals surface area (Å²) in [5.74, 6) is -0.621. The molecule has 21 heavy (non-hydrogen) atoms. The Balaban J connectivity index is 1.98. The van der Waals surface area contributed by atoms with E-state index in [0.717, 1.165) is 0 Å². The predicted octanol–water partition coefficient (Wildman–Crippen LogP) is 1.84. The van der Waals surface area contributed by atoms with Gasteiger partial charge in [-0.2, -0.15) is 13.2 Å². The predicted molar refractivity (Wildman–Crippen MR) is 69.0 cm³/mol. The van der Waals surface area contributed by atoms with E-state index in [1.807, 2.05) is 0 Å². The zero-order valence-electron chi connectivity index (χ0n) is 10.9. The molecule has 2 heterocycles. The number of thioether (sulfide) groups is 1. The minimum absolute atomic E-state index is 0.114. The molecular formula is C12H13F3N2O3S. The quantitative estimate of drug-likeness (QED) is 0.857. The van der Waals surface area contributed by atoms with E-state index in [9.17, 15) is 18.0 Å². The molecule has 1 aliphatic rings. The Kier molecular flexibility index (Phi) is 5.43. The lowest BCUT2D eigenvalue weighted by atomic mass is 10.2. The van der Waals surface area contributed by atoms with Crippen molar-refractivity contribution < 1.29 is 27.4 Å². The number of pyridine rings is 1. The number of nitrogens with zero attached hydrogens (tertiary/aromatic N) is 1. The number of carbonyl (C=O) groups excluding carboxylic acids is 1. The third kappa shape index (κ3) is 5.18. The molecule has 1 fully saturated rings. The molecular weight excluding hydrogens is 309 g/mol. The second-order valence-corrected chi connectivity index (χ2v) is 5.24. The average molecular weight is 322 g/mol. The number of hydrogen-bond acceptors (Lipinski definition) is 5. The first-order chi connectivity index (χ1) is 9.96. The Morgan fingerprint density at radius 1 is 1.48 bits per heavy atom. The molecule has 0 saturated carbocycles. The van der Waals surface area contributed by atoms with Crippen LogP contribution in [0, 0.1) is 0 Å². The molecule has 1 aromatic heterocycles. The zero-order chi connectivity index (χ0) is 15.3. The van der Waals surface area contributed by atoms with Crippen LogP contribution in [-0.4, -0.2) is 48.9 Å². The fourth-order valence-electron chi connectivity index (χ4n) is 1.71. The molecule has 1 saturated heterocycles. The number of ether oxygens (including phenoxy) is 2. The van der Waals surface area contributed by atoms with Crippen LogP contribution in [0.1, 0.15) is 10.4 Å². The maximum atomic E-state index is 12.4. The van der Waals surface area contributed by atoms with Crippen molar-refractivity contribution in [2.24, 2.45) is 0 Å². The maximum Gasteiger partial charge on any atom is 0.447 e. The molecule has 1 unspecified atom stereocenters. The molecule has 0 radical (unpaired) electrons. The Morgan fingerprint density at radius 3 is 2.95 bits per heavy atom. The average Bonchev–Trinajstić information content (AvgIpc) is 2.45. The lowest BCUT2D eigenvalue weighted by Crippen LogP contribution is -2.39. The smallest absolute Gasteiger partial charge is 0.376 e. The summed E-state index contributed by atoms with van der Waals surface area (Å²) in [7, 11) is 0. The molecule has 1 amide bonds. The molecule has 5 nitrogen and oxygen atoms in total. The summed E-state index contributed by atoms with van der Waals surface area (Å²) < 4.78 is 47.8. The highest BCUT2D eigenvalue weighted by molar-refractivity contribution is 8.00. The molecule has 0 aromatic carbocycles. The number of amides is 1. The van der Waals surface area contributed by atoms with Crippen LogP contribution >= 0.6 is 11.8 Å². The van der Waals surface area contributed by atoms with Crippen LogP contribution in [0.5, 0.6) is 0 Å². The van der Waals surface area contributed by atoms with Crippen LogP contribution in [0.15, 0.2) is 23.4 Å². The second kappa shape index (κ2) is 7.10. The first-order valence-electron chi connectivity index (χ1n) is 6.14. The Bertz CT molecular complexity index is 493. The van der Waals surface area contributed by atoms with Crippen molar-refractivity contribution in [1.29, 1.82) is 0 Å². The van der Waals surface area contributed by atoms with Gasteiger partial charge in [0.2, 0.25) is 0 Å². The summed E-state index contributed by atoms with van der Waals surface area (Å²) in [4.78, 5) is 15.6. The lowest BCUT2D eigenvalue weighted by molar-refractivity contribution is -0.0855. The lowest BCUT2D eigenvalue weighted by Gasteiger charge is -2.23. The molecule has 1 aromatic rings. The fourth-order valence-corrected chi connectivity index (χ4v) is 2.31. The van der Waals surface area contributed by atoms with Crippen molar-refractivity contribution in [3.63, 3.8) is 0 Å². The maximum absolute atomic E-state index is 12.4. The third-order valence-corrected chi connectivity index (χ3v) is 3.35. The number of nitrogens with one attached hydrogen (secondary N) is 1. The van der Waals surface area contributed by atoms with Gasteiger partial charge in [0.1, 0.15) is 5.03 Å². The van der Waals surface area contributed by atoms with Gasteiger partial charge in [0, 0.05) is 24.5 Å². The number of alkyl halides is 3. The van der Waals surface area contributed by atoms with Crippen molar-refractivity contribution in [1.82, 2.24) is 10.3 Å². The van der Waals surface area contributed by atoms with Crippen molar-refractivity contribution in [2.75, 3.05) is 26.4 Å². The second-order valence-electron chi connectivity index (χ2n) is 4.18. The molecule has 1 N–H and O–H groups in total. The summed E-state index contributed by atoms with van der Waals surface area (Å²) in [6.45, 7) is 1.45. The highest BCUT2D eigenvalue weighted by Crippen LogP contribution is 2.37. The monoisotopic (exact) mass is 322 g/mol. The summed E-state index contributed by atoms with van der Waals surface area (Å²) in [5.41, 5.74) is -4.61. The van der Waals surface area contributed by atoms with Gasteiger partial charge in [-0.1, -0.05) is 0 Å². The third-order valence-electron chi connectivity index (χ3n) is 2.60. The van der Waals surface area contributed by atoms with Crippen molar-refractivity contribution in [3.05, 3.63) is 23.9 Å². The van der Waals surface area contributed by atoms with Crippen molar-refractivity contribution in [3.8, 4) is 0 Å². The van der Waals surface area contributed by atoms with Gasteiger partial charge in [-0.25, -0.2) is 4.98 Å². The van der Waals surface area contributed by atoms with Gasteiger partial charge in [0.25, 0.3) is 5.91 Å². The first-order valence-corrected chi connectivity index (χ1v) is 6.95. The van der Waals surface area contributed by atoms with Crippen LogP contribution < -0.4 is 5.32 Å². The minimum Gasteiger partial charge on any atom is -0.376 e. The van der Waals surface area contributed by atoms with E-state index >= 15 is 0 Å². The van der Waals surface area contributed by atoms with Crippen LogP contribution in [-0.2, 0) is 9.47 Å². The molecule has 0 spiro atoms. The number of halogens is 3. The van der Waals surface area contributed by atoms with E-state index in [-0.39, 0.29) is 23.2 Å². The van der Waals surface area contributed by atoms with E-state index in [0.29, 0.717) is 19.8 Å². The summed E-state index contributed by atoms with van der Waals surface area (Å²) in [6, 6.07) is 2.71. The molecule has 1 aliphatic heterocycles. The van der Waals surface area contributed by atoms with E-state index in [1.54, 1.807) is 0 Å². The molecule has 0 aliphatic carbocycles. The van der Waals surface area contributed by atoms with Crippen LogP contribution in [0.2, 0.25) is 0 Å². The Labute approximate surface area is 123 Å². The van der Waals surface area contributed by atoms with Crippen LogP contribution in [0.3, 0.4) is 0 Å². The van der Waals surface area contributed by atoms with Gasteiger partial charge >= 0.3 is 5.51 Å². The first kappa shape index (κ1) is 16.1. The SMILES string of the molecule is O=C(NCC1COCCO1)c1cccnc1SC(F)(F)F. The zero-order valence-corrected chi connectivity index (χ0v) is 11.7. The van der Waals surface area contributed by atoms with E-state index in [1.165, 1.54) is 18.3 Å². The topological polar surface area (TPSA) is 60.5 Å². The highest BCUT2D eigenvalue weighted by atomic mass is 32.2. The van der Waals surface area contributed by atoms with Crippen LogP contribution in [0.25, 0.3) is 0 Å². The fraction of sp³-hybridized carbons (Fsp3) is 0.500. The van der Waals surface area contributed by atoms with Gasteiger partial charge in [-0.05, 0) is 12.1 Å². The minimum atomic E-state index is -4.50. The molecule has 116 valence electrons. The molecule has 2 rings (SSSR count). The molecule has 1 atom stereocenters. The molecule has 9 heteroatoms. The van der Waals surface area contributed by atoms with Gasteiger partial charge in [-0.15, -0.1) is 0 Å². The highest BCUT2D eigenvalue weighted by Gasteiger charge is 2.32. The van der Waals surface area contributed by atoms with Gasteiger partial charge < -0.3 is 14.8 Å². The van der Waals surface area contributed by atoms with Gasteiger partial charge in [0.15, 0.2) is 0 Å². The summed E-state index contributed by atoms with van der Waals surface area (Å²) >= 11 is -0.411. The largest absolute Gasteiger partial charge is 0.447 e. The van der Waals surface area contributed by atoms with E-state index in [2.05, 4.69) is 10.3 Å². The summed E-state index contributed by atoms with van der Waals surface area (Å²) in [6.07, 6.45) is 0.918. The standard InChI is InChI=1S/C12H13F3N2O3S/c13-12(14,15)21-11-9(2-1-3-16-11)10(18)17-6-8-7-19-4-5-20-8/h1-3,8H,4-7H2,(H,17,18). The number of hydrogen-bond donors (Lipinski definition) is 1. The normalized spacial score (nSPS) is 19.3. The molecule has 0 bridgehead atoms. The number of rotatable bonds is 4. The van der Waals surface area contributed by atoms with E-state index < -0.39 is 23.2 Å². The van der Waals surface area contributed by atoms with Crippen LogP contribution in [0.4, 0.5) is 13.2 Å². The number of aromatic nitrogens is 1. The van der Waals surface area contributed by atoms with Gasteiger partial charge in [-0.3, -0.25) is 4.79 Å². The Hall–Kier alpha value is -1.32. The Morgan fingerprint density at radius 2 is 2.29 bits per heavy atom. The summed E-state index contributed by atoms with van der Waals surface area (Å²) in [5, 5.41) is 2.16. The van der Waals surface area contributed by atoms with Crippen molar-refractivity contribution in [2.45, 2.75) is 16.6 Å². The van der Waals surface area contributed by atoms with Crippen molar-refractivity contribution >= 4 is 17.7 Å². The van der Waals surface area contributed by atoms with E-state index in [4.69, 9.17) is 9.47 Å². The number of carbonyl (C=O) groups is 1.